The molecule has 0 N–H and O–H groups in total. The van der Waals surface area contributed by atoms with Crippen LogP contribution in [0.5, 0.6) is 5.75 Å². The highest BCUT2D eigenvalue weighted by Crippen LogP contribution is 2.36. The summed E-state index contributed by atoms with van der Waals surface area (Å²) in [6, 6.07) is 7.68. The lowest BCUT2D eigenvalue weighted by molar-refractivity contribution is 0.0920. The number of aryl methyl sites for hydroxylation is 2. The average Bonchev–Trinajstić information content (AvgIpc) is 3.27. The van der Waals surface area contributed by atoms with Crippen LogP contribution in [0, 0.1) is 0 Å². The predicted octanol–water partition coefficient (Wildman–Crippen LogP) is 4.85. The van der Waals surface area contributed by atoms with Crippen molar-refractivity contribution in [3.8, 4) is 11.4 Å². The summed E-state index contributed by atoms with van der Waals surface area (Å²) < 4.78 is 13.0. The Bertz CT molecular complexity index is 1050. The molecule has 0 saturated heterocycles. The molecule has 154 valence electrons. The molecule has 0 spiro atoms. The van der Waals surface area contributed by atoms with Gasteiger partial charge in [-0.1, -0.05) is 11.8 Å². The first-order valence-corrected chi connectivity index (χ1v) is 11.9. The van der Waals surface area contributed by atoms with Crippen LogP contribution < -0.4 is 10.3 Å². The van der Waals surface area contributed by atoms with Gasteiger partial charge in [-0.05, 0) is 69.9 Å². The van der Waals surface area contributed by atoms with Crippen molar-refractivity contribution in [2.75, 3.05) is 19.0 Å². The molecular weight excluding hydrogens is 404 g/mol. The summed E-state index contributed by atoms with van der Waals surface area (Å²) in [7, 11) is 0. The molecule has 0 atom stereocenters. The van der Waals surface area contributed by atoms with Crippen LogP contribution in [0.1, 0.15) is 37.6 Å². The van der Waals surface area contributed by atoms with Gasteiger partial charge in [-0.15, -0.1) is 11.3 Å². The van der Waals surface area contributed by atoms with E-state index in [1.807, 2.05) is 45.0 Å². The van der Waals surface area contributed by atoms with Gasteiger partial charge in [-0.3, -0.25) is 9.36 Å². The molecule has 1 aliphatic rings. The maximum atomic E-state index is 13.6. The fourth-order valence-electron chi connectivity index (χ4n) is 3.62. The van der Waals surface area contributed by atoms with Crippen LogP contribution >= 0.6 is 23.1 Å². The lowest BCUT2D eigenvalue weighted by Crippen LogP contribution is -2.22. The normalized spacial score (nSPS) is 13.4. The number of hydrogen-bond donors (Lipinski definition) is 0. The standard InChI is InChI=1S/C22H26N2O3S2/c1-4-26-16-10-8-15(9-11-16)24-21(25)19-17-6-5-7-18(17)29-20(19)23-22(24)28-13-12-27-14(2)3/h8-11,14H,4-7,12-13H2,1-3H3. The number of ether oxygens (including phenoxy) is 2. The van der Waals surface area contributed by atoms with Crippen LogP contribution in [-0.4, -0.2) is 34.6 Å². The summed E-state index contributed by atoms with van der Waals surface area (Å²) in [5.41, 5.74) is 2.06. The first-order valence-electron chi connectivity index (χ1n) is 10.1. The number of thioether (sulfide) groups is 1. The van der Waals surface area contributed by atoms with Gasteiger partial charge in [-0.25, -0.2) is 4.98 Å². The third-order valence-electron chi connectivity index (χ3n) is 4.88. The molecule has 0 radical (unpaired) electrons. The summed E-state index contributed by atoms with van der Waals surface area (Å²) in [6.07, 6.45) is 3.36. The Morgan fingerprint density at radius 3 is 2.76 bits per heavy atom. The lowest BCUT2D eigenvalue weighted by atomic mass is 10.2. The van der Waals surface area contributed by atoms with Gasteiger partial charge in [0.2, 0.25) is 0 Å². The van der Waals surface area contributed by atoms with Crippen molar-refractivity contribution in [1.82, 2.24) is 9.55 Å². The minimum absolute atomic E-state index is 0.0332. The highest BCUT2D eigenvalue weighted by Gasteiger charge is 2.23. The van der Waals surface area contributed by atoms with Gasteiger partial charge >= 0.3 is 0 Å². The molecule has 3 aromatic rings. The minimum atomic E-state index is 0.0332. The van der Waals surface area contributed by atoms with Gasteiger partial charge in [0.15, 0.2) is 5.16 Å². The minimum Gasteiger partial charge on any atom is -0.494 e. The first kappa shape index (κ1) is 20.4. The second-order valence-electron chi connectivity index (χ2n) is 7.27. The van der Waals surface area contributed by atoms with Crippen molar-refractivity contribution in [2.24, 2.45) is 0 Å². The third kappa shape index (κ3) is 4.22. The SMILES string of the molecule is CCOc1ccc(-n2c(SCCOC(C)C)nc3sc4c(c3c2=O)CCC4)cc1. The number of aromatic nitrogens is 2. The topological polar surface area (TPSA) is 53.4 Å². The maximum absolute atomic E-state index is 13.6. The van der Waals surface area contributed by atoms with Gasteiger partial charge in [0.1, 0.15) is 10.6 Å². The summed E-state index contributed by atoms with van der Waals surface area (Å²) in [6.45, 7) is 7.25. The lowest BCUT2D eigenvalue weighted by Gasteiger charge is -2.14. The molecule has 29 heavy (non-hydrogen) atoms. The second-order valence-corrected chi connectivity index (χ2v) is 9.41. The van der Waals surface area contributed by atoms with E-state index in [4.69, 9.17) is 14.5 Å². The van der Waals surface area contributed by atoms with Crippen molar-refractivity contribution in [3.63, 3.8) is 0 Å². The smallest absolute Gasteiger partial charge is 0.267 e. The summed E-state index contributed by atoms with van der Waals surface area (Å²) in [5, 5.41) is 1.53. The van der Waals surface area contributed by atoms with Crippen molar-refractivity contribution < 1.29 is 9.47 Å². The summed E-state index contributed by atoms with van der Waals surface area (Å²) in [5.74, 6) is 1.55. The number of hydrogen-bond acceptors (Lipinski definition) is 6. The predicted molar refractivity (Wildman–Crippen MR) is 120 cm³/mol. The van der Waals surface area contributed by atoms with E-state index < -0.39 is 0 Å². The van der Waals surface area contributed by atoms with Gasteiger partial charge in [0, 0.05) is 10.6 Å². The van der Waals surface area contributed by atoms with Gasteiger partial charge in [0.25, 0.3) is 5.56 Å². The number of fused-ring (bicyclic) bond motifs is 3. The van der Waals surface area contributed by atoms with E-state index in [0.29, 0.717) is 13.2 Å². The quantitative estimate of drug-likeness (QED) is 0.290. The Morgan fingerprint density at radius 2 is 2.03 bits per heavy atom. The van der Waals surface area contributed by atoms with E-state index in [9.17, 15) is 4.79 Å². The van der Waals surface area contributed by atoms with E-state index >= 15 is 0 Å². The number of benzene rings is 1. The number of rotatable bonds is 8. The molecule has 2 heterocycles. The van der Waals surface area contributed by atoms with Crippen LogP contribution in [-0.2, 0) is 17.6 Å². The molecule has 0 bridgehead atoms. The molecule has 0 unspecified atom stereocenters. The Balaban J connectivity index is 1.77. The van der Waals surface area contributed by atoms with E-state index in [0.717, 1.165) is 51.8 Å². The summed E-state index contributed by atoms with van der Waals surface area (Å²) in [4.78, 5) is 20.7. The summed E-state index contributed by atoms with van der Waals surface area (Å²) >= 11 is 3.25. The van der Waals surface area contributed by atoms with Crippen molar-refractivity contribution >= 4 is 33.3 Å². The average molecular weight is 431 g/mol. The van der Waals surface area contributed by atoms with Crippen LogP contribution in [0.2, 0.25) is 0 Å². The molecular formula is C22H26N2O3S2. The highest BCUT2D eigenvalue weighted by molar-refractivity contribution is 7.99. The van der Waals surface area contributed by atoms with E-state index in [2.05, 4.69) is 0 Å². The largest absolute Gasteiger partial charge is 0.494 e. The van der Waals surface area contributed by atoms with Crippen LogP contribution in [0.25, 0.3) is 15.9 Å². The van der Waals surface area contributed by atoms with Gasteiger partial charge in [-0.2, -0.15) is 0 Å². The van der Waals surface area contributed by atoms with Crippen LogP contribution in [0.15, 0.2) is 34.2 Å². The van der Waals surface area contributed by atoms with Crippen molar-refractivity contribution in [2.45, 2.75) is 51.3 Å². The molecule has 4 rings (SSSR count). The Morgan fingerprint density at radius 1 is 1.24 bits per heavy atom. The Kier molecular flexibility index (Phi) is 6.27. The van der Waals surface area contributed by atoms with Crippen LogP contribution in [0.3, 0.4) is 0 Å². The molecule has 2 aromatic heterocycles. The second kappa shape index (κ2) is 8.90. The molecule has 5 nitrogen and oxygen atoms in total. The molecule has 1 aliphatic carbocycles. The zero-order chi connectivity index (χ0) is 20.4. The van der Waals surface area contributed by atoms with E-state index in [1.54, 1.807) is 27.7 Å². The molecule has 0 amide bonds. The molecule has 0 aliphatic heterocycles. The van der Waals surface area contributed by atoms with E-state index in [-0.39, 0.29) is 11.7 Å². The number of nitrogens with zero attached hydrogens (tertiary/aromatic N) is 2. The van der Waals surface area contributed by atoms with E-state index in [1.165, 1.54) is 10.4 Å². The first-order chi connectivity index (χ1) is 14.1. The molecule has 0 fully saturated rings. The molecule has 7 heteroatoms. The van der Waals surface area contributed by atoms with Gasteiger partial charge < -0.3 is 9.47 Å². The fourth-order valence-corrected chi connectivity index (χ4v) is 5.77. The fraction of sp³-hybridized carbons (Fsp3) is 0.455. The number of thiophene rings is 1. The highest BCUT2D eigenvalue weighted by atomic mass is 32.2. The molecule has 0 saturated carbocycles. The Labute approximate surface area is 179 Å². The van der Waals surface area contributed by atoms with Crippen molar-refractivity contribution in [3.05, 3.63) is 45.1 Å². The maximum Gasteiger partial charge on any atom is 0.267 e. The Hall–Kier alpha value is -1.83. The van der Waals surface area contributed by atoms with Crippen molar-refractivity contribution in [1.29, 1.82) is 0 Å². The monoisotopic (exact) mass is 430 g/mol. The van der Waals surface area contributed by atoms with Gasteiger partial charge in [0.05, 0.1) is 30.4 Å². The zero-order valence-electron chi connectivity index (χ0n) is 17.1. The zero-order valence-corrected chi connectivity index (χ0v) is 18.7. The molecule has 1 aromatic carbocycles. The third-order valence-corrected chi connectivity index (χ3v) is 6.97. The van der Waals surface area contributed by atoms with Crippen LogP contribution in [0.4, 0.5) is 0 Å².